The zero-order valence-corrected chi connectivity index (χ0v) is 12.6. The number of carbonyl (C=O) groups is 1. The molecule has 0 spiro atoms. The van der Waals surface area contributed by atoms with Gasteiger partial charge in [0.1, 0.15) is 5.75 Å². The SMILES string of the molecule is Cc1ccc(C(=O)N2CCCC(C3CCCN3)C2)cc1O. The zero-order chi connectivity index (χ0) is 14.8. The third-order valence-electron chi connectivity index (χ3n) is 4.87. The van der Waals surface area contributed by atoms with Gasteiger partial charge in [-0.15, -0.1) is 0 Å². The van der Waals surface area contributed by atoms with Crippen molar-refractivity contribution in [3.63, 3.8) is 0 Å². The predicted molar refractivity (Wildman–Crippen MR) is 82.5 cm³/mol. The van der Waals surface area contributed by atoms with Crippen molar-refractivity contribution < 1.29 is 9.90 Å². The van der Waals surface area contributed by atoms with Crippen molar-refractivity contribution in [2.24, 2.45) is 5.92 Å². The number of hydrogen-bond acceptors (Lipinski definition) is 3. The van der Waals surface area contributed by atoms with E-state index in [1.54, 1.807) is 6.07 Å². The molecule has 21 heavy (non-hydrogen) atoms. The average Bonchev–Trinajstić information content (AvgIpc) is 3.04. The number of hydrogen-bond donors (Lipinski definition) is 2. The van der Waals surface area contributed by atoms with Crippen LogP contribution in [0.25, 0.3) is 0 Å². The third kappa shape index (κ3) is 3.05. The fourth-order valence-electron chi connectivity index (χ4n) is 3.56. The van der Waals surface area contributed by atoms with Gasteiger partial charge in [0.15, 0.2) is 0 Å². The number of rotatable bonds is 2. The fraction of sp³-hybridized carbons (Fsp3) is 0.588. The van der Waals surface area contributed by atoms with Gasteiger partial charge in [0.25, 0.3) is 5.91 Å². The summed E-state index contributed by atoms with van der Waals surface area (Å²) >= 11 is 0. The molecule has 2 saturated heterocycles. The summed E-state index contributed by atoms with van der Waals surface area (Å²) < 4.78 is 0. The minimum Gasteiger partial charge on any atom is -0.508 e. The molecule has 0 aromatic heterocycles. The van der Waals surface area contributed by atoms with Crippen LogP contribution in [0.15, 0.2) is 18.2 Å². The van der Waals surface area contributed by atoms with Gasteiger partial charge in [0.2, 0.25) is 0 Å². The van der Waals surface area contributed by atoms with Crippen LogP contribution in [0.4, 0.5) is 0 Å². The van der Waals surface area contributed by atoms with Gasteiger partial charge in [-0.25, -0.2) is 0 Å². The number of nitrogens with one attached hydrogen (secondary N) is 1. The molecule has 1 amide bonds. The molecule has 2 atom stereocenters. The first-order valence-corrected chi connectivity index (χ1v) is 7.97. The number of nitrogens with zero attached hydrogens (tertiary/aromatic N) is 1. The molecule has 3 rings (SSSR count). The number of piperidine rings is 1. The highest BCUT2D eigenvalue weighted by Crippen LogP contribution is 2.26. The molecule has 2 unspecified atom stereocenters. The molecule has 0 saturated carbocycles. The predicted octanol–water partition coefficient (Wildman–Crippen LogP) is 2.30. The number of phenolic OH excluding ortho intramolecular Hbond substituents is 1. The Kier molecular flexibility index (Phi) is 4.15. The van der Waals surface area contributed by atoms with E-state index in [4.69, 9.17) is 0 Å². The van der Waals surface area contributed by atoms with E-state index in [2.05, 4.69) is 5.32 Å². The third-order valence-corrected chi connectivity index (χ3v) is 4.87. The Bertz CT molecular complexity index is 524. The molecular formula is C17H24N2O2. The van der Waals surface area contributed by atoms with Crippen LogP contribution in [0.3, 0.4) is 0 Å². The summed E-state index contributed by atoms with van der Waals surface area (Å²) in [4.78, 5) is 14.6. The van der Waals surface area contributed by atoms with Gasteiger partial charge in [-0.05, 0) is 62.8 Å². The Labute approximate surface area is 126 Å². The van der Waals surface area contributed by atoms with Gasteiger partial charge in [-0.1, -0.05) is 6.07 Å². The van der Waals surface area contributed by atoms with E-state index in [-0.39, 0.29) is 11.7 Å². The van der Waals surface area contributed by atoms with Gasteiger partial charge in [0.05, 0.1) is 0 Å². The van der Waals surface area contributed by atoms with Crippen LogP contribution in [0.1, 0.15) is 41.6 Å². The second-order valence-electron chi connectivity index (χ2n) is 6.36. The lowest BCUT2D eigenvalue weighted by atomic mass is 9.89. The molecule has 0 radical (unpaired) electrons. The number of phenols is 1. The largest absolute Gasteiger partial charge is 0.508 e. The van der Waals surface area contributed by atoms with Crippen molar-refractivity contribution >= 4 is 5.91 Å². The van der Waals surface area contributed by atoms with E-state index in [0.29, 0.717) is 17.5 Å². The number of aryl methyl sites for hydroxylation is 1. The number of likely N-dealkylation sites (tertiary alicyclic amines) is 1. The highest BCUT2D eigenvalue weighted by molar-refractivity contribution is 5.94. The molecule has 2 aliphatic heterocycles. The molecule has 2 fully saturated rings. The van der Waals surface area contributed by atoms with Crippen LogP contribution >= 0.6 is 0 Å². The summed E-state index contributed by atoms with van der Waals surface area (Å²) in [6.07, 6.45) is 4.77. The van der Waals surface area contributed by atoms with Gasteiger partial charge < -0.3 is 15.3 Å². The standard InChI is InChI=1S/C17H24N2O2/c1-12-6-7-13(10-16(12)20)17(21)19-9-3-4-14(11-19)15-5-2-8-18-15/h6-7,10,14-15,18,20H,2-5,8-9,11H2,1H3. The molecule has 2 N–H and O–H groups in total. The summed E-state index contributed by atoms with van der Waals surface area (Å²) in [7, 11) is 0. The van der Waals surface area contributed by atoms with Crippen molar-refractivity contribution in [3.05, 3.63) is 29.3 Å². The lowest BCUT2D eigenvalue weighted by molar-refractivity contribution is 0.0650. The fourth-order valence-corrected chi connectivity index (χ4v) is 3.56. The van der Waals surface area contributed by atoms with Crippen LogP contribution in [-0.4, -0.2) is 41.6 Å². The van der Waals surface area contributed by atoms with Gasteiger partial charge in [0, 0.05) is 24.7 Å². The second kappa shape index (κ2) is 6.06. The summed E-state index contributed by atoms with van der Waals surface area (Å²) in [5.41, 5.74) is 1.40. The molecule has 2 heterocycles. The number of aromatic hydroxyl groups is 1. The molecule has 1 aromatic rings. The zero-order valence-electron chi connectivity index (χ0n) is 12.6. The monoisotopic (exact) mass is 288 g/mol. The lowest BCUT2D eigenvalue weighted by Gasteiger charge is -2.36. The Morgan fingerprint density at radius 1 is 1.33 bits per heavy atom. The Balaban J connectivity index is 1.70. The smallest absolute Gasteiger partial charge is 0.253 e. The lowest BCUT2D eigenvalue weighted by Crippen LogP contribution is -2.45. The Hall–Kier alpha value is -1.55. The van der Waals surface area contributed by atoms with Crippen LogP contribution in [-0.2, 0) is 0 Å². The van der Waals surface area contributed by atoms with E-state index >= 15 is 0 Å². The van der Waals surface area contributed by atoms with Crippen molar-refractivity contribution in [1.29, 1.82) is 0 Å². The number of amides is 1. The second-order valence-corrected chi connectivity index (χ2v) is 6.36. The summed E-state index contributed by atoms with van der Waals surface area (Å²) in [5.74, 6) is 0.823. The first-order valence-electron chi connectivity index (χ1n) is 7.97. The van der Waals surface area contributed by atoms with Crippen LogP contribution in [0.5, 0.6) is 5.75 Å². The van der Waals surface area contributed by atoms with Crippen LogP contribution < -0.4 is 5.32 Å². The molecule has 2 aliphatic rings. The topological polar surface area (TPSA) is 52.6 Å². The normalized spacial score (nSPS) is 26.0. The van der Waals surface area contributed by atoms with Gasteiger partial charge in [-0.2, -0.15) is 0 Å². The molecular weight excluding hydrogens is 264 g/mol. The first kappa shape index (κ1) is 14.4. The molecule has 1 aromatic carbocycles. The molecule has 0 aliphatic carbocycles. The van der Waals surface area contributed by atoms with Crippen molar-refractivity contribution in [2.45, 2.75) is 38.6 Å². The Morgan fingerprint density at radius 3 is 2.90 bits per heavy atom. The van der Waals surface area contributed by atoms with E-state index in [1.807, 2.05) is 24.0 Å². The molecule has 4 nitrogen and oxygen atoms in total. The van der Waals surface area contributed by atoms with E-state index in [9.17, 15) is 9.90 Å². The first-order chi connectivity index (χ1) is 10.1. The maximum atomic E-state index is 12.6. The average molecular weight is 288 g/mol. The van der Waals surface area contributed by atoms with Crippen LogP contribution in [0.2, 0.25) is 0 Å². The number of carbonyl (C=O) groups excluding carboxylic acids is 1. The molecule has 0 bridgehead atoms. The Morgan fingerprint density at radius 2 is 2.19 bits per heavy atom. The number of benzene rings is 1. The molecule has 114 valence electrons. The van der Waals surface area contributed by atoms with Crippen molar-refractivity contribution in [2.75, 3.05) is 19.6 Å². The van der Waals surface area contributed by atoms with Gasteiger partial charge >= 0.3 is 0 Å². The minimum absolute atomic E-state index is 0.0491. The van der Waals surface area contributed by atoms with Crippen LogP contribution in [0, 0.1) is 12.8 Å². The highest BCUT2D eigenvalue weighted by atomic mass is 16.3. The van der Waals surface area contributed by atoms with E-state index < -0.39 is 0 Å². The van der Waals surface area contributed by atoms with Crippen molar-refractivity contribution in [3.8, 4) is 5.75 Å². The summed E-state index contributed by atoms with van der Waals surface area (Å²) in [5, 5.41) is 13.4. The molecule has 4 heteroatoms. The van der Waals surface area contributed by atoms with E-state index in [1.165, 1.54) is 19.3 Å². The summed E-state index contributed by atoms with van der Waals surface area (Å²) in [6.45, 7) is 4.62. The quantitative estimate of drug-likeness (QED) is 0.878. The maximum absolute atomic E-state index is 12.6. The van der Waals surface area contributed by atoms with E-state index in [0.717, 1.165) is 31.6 Å². The minimum atomic E-state index is 0.0491. The van der Waals surface area contributed by atoms with Crippen molar-refractivity contribution in [1.82, 2.24) is 10.2 Å². The maximum Gasteiger partial charge on any atom is 0.253 e. The summed E-state index contributed by atoms with van der Waals surface area (Å²) in [6, 6.07) is 5.79. The highest BCUT2D eigenvalue weighted by Gasteiger charge is 2.31. The van der Waals surface area contributed by atoms with Gasteiger partial charge in [-0.3, -0.25) is 4.79 Å².